The van der Waals surface area contributed by atoms with Gasteiger partial charge in [-0.05, 0) is 37.9 Å². The van der Waals surface area contributed by atoms with E-state index in [0.717, 1.165) is 36.2 Å². The fourth-order valence-electron chi connectivity index (χ4n) is 4.01. The molecule has 152 valence electrons. The summed E-state index contributed by atoms with van der Waals surface area (Å²) >= 11 is 1.33. The summed E-state index contributed by atoms with van der Waals surface area (Å²) in [6, 6.07) is 3.71. The molecular formula is C19H22N6O2S2. The molecule has 1 saturated carbocycles. The zero-order valence-corrected chi connectivity index (χ0v) is 17.7. The zero-order valence-electron chi connectivity index (χ0n) is 16.1. The van der Waals surface area contributed by atoms with Gasteiger partial charge in [0.25, 0.3) is 5.91 Å². The second-order valence-electron chi connectivity index (χ2n) is 7.57. The molecule has 5 rings (SSSR count). The Kier molecular flexibility index (Phi) is 4.19. The van der Waals surface area contributed by atoms with E-state index in [1.807, 2.05) is 17.2 Å². The molecule has 4 heterocycles. The summed E-state index contributed by atoms with van der Waals surface area (Å²) in [4.78, 5) is 30.6. The summed E-state index contributed by atoms with van der Waals surface area (Å²) in [6.45, 7) is 2.11. The van der Waals surface area contributed by atoms with Gasteiger partial charge in [0.15, 0.2) is 0 Å². The minimum absolute atomic E-state index is 0.0131. The van der Waals surface area contributed by atoms with Crippen LogP contribution in [0.25, 0.3) is 11.0 Å². The lowest BCUT2D eigenvalue weighted by Gasteiger charge is -2.42. The average molecular weight is 431 g/mol. The van der Waals surface area contributed by atoms with Crippen LogP contribution >= 0.6 is 11.3 Å². The zero-order chi connectivity index (χ0) is 20.2. The number of aromatic nitrogens is 3. The quantitative estimate of drug-likeness (QED) is 0.615. The predicted octanol–water partition coefficient (Wildman–Crippen LogP) is 1.72. The van der Waals surface area contributed by atoms with Crippen LogP contribution in [0.2, 0.25) is 0 Å². The lowest BCUT2D eigenvalue weighted by atomic mass is 10.1. The molecular weight excluding hydrogens is 408 g/mol. The monoisotopic (exact) mass is 430 g/mol. The Bertz CT molecular complexity index is 1190. The van der Waals surface area contributed by atoms with Crippen molar-refractivity contribution in [2.45, 2.75) is 23.3 Å². The topological polar surface area (TPSA) is 94.2 Å². The highest BCUT2D eigenvalue weighted by Crippen LogP contribution is 2.46. The number of rotatable bonds is 4. The van der Waals surface area contributed by atoms with E-state index in [-0.39, 0.29) is 11.4 Å². The third-order valence-electron chi connectivity index (χ3n) is 5.85. The summed E-state index contributed by atoms with van der Waals surface area (Å²) in [5.41, 5.74) is 0.674. The maximum absolute atomic E-state index is 13.3. The first-order chi connectivity index (χ1) is 13.9. The van der Waals surface area contributed by atoms with Crippen molar-refractivity contribution in [3.05, 3.63) is 34.9 Å². The van der Waals surface area contributed by atoms with Crippen LogP contribution in [0.15, 0.2) is 34.9 Å². The highest BCUT2D eigenvalue weighted by Gasteiger charge is 2.53. The maximum Gasteiger partial charge on any atom is 0.264 e. The van der Waals surface area contributed by atoms with Crippen molar-refractivity contribution in [2.75, 3.05) is 31.6 Å². The van der Waals surface area contributed by atoms with E-state index in [4.69, 9.17) is 0 Å². The normalized spacial score (nSPS) is 20.2. The number of carbonyl (C=O) groups excluding carboxylic acids is 1. The second-order valence-corrected chi connectivity index (χ2v) is 10.7. The highest BCUT2D eigenvalue weighted by molar-refractivity contribution is 7.98. The lowest BCUT2D eigenvalue weighted by molar-refractivity contribution is 0.0629. The van der Waals surface area contributed by atoms with E-state index >= 15 is 0 Å². The number of aromatic amines is 1. The molecule has 2 fully saturated rings. The van der Waals surface area contributed by atoms with Gasteiger partial charge >= 0.3 is 0 Å². The van der Waals surface area contributed by atoms with Crippen molar-refractivity contribution >= 4 is 49.7 Å². The van der Waals surface area contributed by atoms with Crippen LogP contribution in [0.4, 0.5) is 5.82 Å². The van der Waals surface area contributed by atoms with Crippen LogP contribution < -0.4 is 9.62 Å². The first-order valence-corrected chi connectivity index (χ1v) is 12.0. The number of nitrogens with one attached hydrogen (secondary N) is 2. The van der Waals surface area contributed by atoms with Crippen molar-refractivity contribution in [1.29, 1.82) is 0 Å². The number of hydrogen-bond acceptors (Lipinski definition) is 6. The van der Waals surface area contributed by atoms with Crippen LogP contribution in [-0.4, -0.2) is 68.1 Å². The Morgan fingerprint density at radius 1 is 1.38 bits per heavy atom. The Hall–Kier alpha value is -2.43. The first kappa shape index (κ1) is 18.6. The number of thiophene rings is 1. The molecule has 10 heteroatoms. The molecule has 1 atom stereocenters. The van der Waals surface area contributed by atoms with Crippen LogP contribution in [0.5, 0.6) is 0 Å². The van der Waals surface area contributed by atoms with Gasteiger partial charge in [0.05, 0.1) is 30.4 Å². The minimum atomic E-state index is -2.55. The number of nitrogens with zero attached hydrogens (tertiary/aromatic N) is 4. The van der Waals surface area contributed by atoms with Gasteiger partial charge in [0.1, 0.15) is 17.8 Å². The molecule has 1 spiro atoms. The van der Waals surface area contributed by atoms with E-state index in [1.54, 1.807) is 24.8 Å². The van der Waals surface area contributed by atoms with E-state index in [0.29, 0.717) is 22.9 Å². The molecule has 8 nitrogen and oxygen atoms in total. The Labute approximate surface area is 173 Å². The second kappa shape index (κ2) is 6.54. The first-order valence-electron chi connectivity index (χ1n) is 9.43. The summed E-state index contributed by atoms with van der Waals surface area (Å²) in [7, 11) is -0.938. The van der Waals surface area contributed by atoms with Crippen molar-refractivity contribution in [3.8, 4) is 0 Å². The largest absolute Gasteiger partial charge is 0.352 e. The van der Waals surface area contributed by atoms with E-state index in [9.17, 15) is 9.00 Å². The molecule has 1 aliphatic heterocycles. The maximum atomic E-state index is 13.3. The van der Waals surface area contributed by atoms with Gasteiger partial charge in [-0.15, -0.1) is 11.3 Å². The molecule has 3 aromatic rings. The molecule has 2 aliphatic rings. The number of carbonyl (C=O) groups is 1. The van der Waals surface area contributed by atoms with Gasteiger partial charge in [-0.25, -0.2) is 18.9 Å². The highest BCUT2D eigenvalue weighted by atomic mass is 32.2. The van der Waals surface area contributed by atoms with Crippen molar-refractivity contribution in [1.82, 2.24) is 24.6 Å². The summed E-state index contributed by atoms with van der Waals surface area (Å²) in [5, 5.41) is 2.77. The minimum Gasteiger partial charge on any atom is -0.352 e. The van der Waals surface area contributed by atoms with Crippen molar-refractivity contribution in [3.63, 3.8) is 0 Å². The van der Waals surface area contributed by atoms with Gasteiger partial charge in [-0.2, -0.15) is 0 Å². The standard InChI is InChI=1S/C19H22N6O2S2/c1-20-29(2,27)13-9-15(28-10-13)18(26)25-8-7-24(11-19(25)4-5-19)17-14-3-6-21-16(14)22-12-23-17/h3,6,9-10,12H,2,4-5,7-8,11H2,1H3,(H,20,27)(H,21,22,23). The fourth-order valence-corrected chi connectivity index (χ4v) is 6.11. The van der Waals surface area contributed by atoms with Crippen molar-refractivity contribution in [2.24, 2.45) is 0 Å². The Morgan fingerprint density at radius 3 is 2.97 bits per heavy atom. The van der Waals surface area contributed by atoms with Gasteiger partial charge < -0.3 is 14.8 Å². The van der Waals surface area contributed by atoms with Crippen LogP contribution in [-0.2, 0) is 9.71 Å². The van der Waals surface area contributed by atoms with E-state index in [2.05, 4.69) is 30.4 Å². The van der Waals surface area contributed by atoms with Crippen LogP contribution in [0.1, 0.15) is 22.5 Å². The van der Waals surface area contributed by atoms with Gasteiger partial charge in [-0.1, -0.05) is 0 Å². The number of amides is 1. The molecule has 0 radical (unpaired) electrons. The van der Waals surface area contributed by atoms with E-state index in [1.165, 1.54) is 11.3 Å². The number of fused-ring (bicyclic) bond motifs is 1. The molecule has 3 aromatic heterocycles. The Morgan fingerprint density at radius 2 is 2.21 bits per heavy atom. The molecule has 1 saturated heterocycles. The molecule has 2 N–H and O–H groups in total. The fraction of sp³-hybridized carbons (Fsp3) is 0.368. The molecule has 0 aromatic carbocycles. The SMILES string of the molecule is C=S(=O)(NC)c1csc(C(=O)N2CCN(c3ncnc4[nH]ccc34)CC23CC3)c1. The van der Waals surface area contributed by atoms with Crippen molar-refractivity contribution < 1.29 is 9.00 Å². The number of piperazine rings is 1. The third kappa shape index (κ3) is 3.02. The summed E-state index contributed by atoms with van der Waals surface area (Å²) in [6.07, 6.45) is 5.42. The molecule has 1 unspecified atom stereocenters. The lowest BCUT2D eigenvalue weighted by Crippen LogP contribution is -2.57. The predicted molar refractivity (Wildman–Crippen MR) is 116 cm³/mol. The smallest absolute Gasteiger partial charge is 0.264 e. The molecule has 0 bridgehead atoms. The molecule has 1 amide bonds. The summed E-state index contributed by atoms with van der Waals surface area (Å²) < 4.78 is 15.2. The molecule has 1 aliphatic carbocycles. The van der Waals surface area contributed by atoms with E-state index < -0.39 is 9.71 Å². The number of anilines is 1. The number of hydrogen-bond donors (Lipinski definition) is 2. The Balaban J connectivity index is 1.39. The van der Waals surface area contributed by atoms with Crippen LogP contribution in [0.3, 0.4) is 0 Å². The molecule has 29 heavy (non-hydrogen) atoms. The van der Waals surface area contributed by atoms with Gasteiger partial charge in [-0.3, -0.25) is 4.79 Å². The number of H-pyrrole nitrogens is 1. The summed E-state index contributed by atoms with van der Waals surface area (Å²) in [5.74, 6) is 4.65. The third-order valence-corrected chi connectivity index (χ3v) is 8.58. The van der Waals surface area contributed by atoms with Crippen LogP contribution in [0, 0.1) is 0 Å². The van der Waals surface area contributed by atoms with Gasteiger partial charge in [0, 0.05) is 31.2 Å². The average Bonchev–Trinajstić information content (AvgIpc) is 3.16. The van der Waals surface area contributed by atoms with Gasteiger partial charge in [0.2, 0.25) is 0 Å².